The van der Waals surface area contributed by atoms with E-state index in [2.05, 4.69) is 24.3 Å². The van der Waals surface area contributed by atoms with Crippen LogP contribution in [0.3, 0.4) is 0 Å². The number of hydrogen-bond acceptors (Lipinski definition) is 2. The van der Waals surface area contributed by atoms with Gasteiger partial charge in [-0.1, -0.05) is 36.4 Å². The molecule has 1 aliphatic heterocycles. The molecule has 1 fully saturated rings. The van der Waals surface area contributed by atoms with Crippen molar-refractivity contribution in [2.75, 3.05) is 0 Å². The lowest BCUT2D eigenvalue weighted by atomic mass is 9.93. The molecule has 15 heavy (non-hydrogen) atoms. The van der Waals surface area contributed by atoms with Gasteiger partial charge in [0, 0.05) is 0 Å². The lowest BCUT2D eigenvalue weighted by Gasteiger charge is -2.20. The van der Waals surface area contributed by atoms with Gasteiger partial charge in [0.1, 0.15) is 12.2 Å². The first-order valence-corrected chi connectivity index (χ1v) is 5.28. The van der Waals surface area contributed by atoms with Crippen LogP contribution in [0.2, 0.25) is 0 Å². The minimum Gasteiger partial charge on any atom is -0.340 e. The minimum atomic E-state index is -0.475. The molecular weight excluding hydrogens is 188 g/mol. The molecule has 1 aromatic carbocycles. The molecule has 1 heterocycles. The van der Waals surface area contributed by atoms with Gasteiger partial charge in [0.05, 0.1) is 0 Å². The van der Waals surface area contributed by atoms with Crippen molar-refractivity contribution in [3.8, 4) is 0 Å². The first-order chi connectivity index (χ1) is 7.16. The molecule has 2 aliphatic rings. The Labute approximate surface area is 89.5 Å². The first-order valence-electron chi connectivity index (χ1n) is 5.28. The molecule has 2 atom stereocenters. The number of fused-ring (bicyclic) bond motifs is 3. The van der Waals surface area contributed by atoms with Crippen LogP contribution in [-0.4, -0.2) is 11.9 Å². The van der Waals surface area contributed by atoms with Crippen LogP contribution in [0, 0.1) is 0 Å². The lowest BCUT2D eigenvalue weighted by molar-refractivity contribution is -0.143. The Kier molecular flexibility index (Phi) is 1.79. The maximum Gasteiger partial charge on any atom is 0.164 e. The van der Waals surface area contributed by atoms with Crippen molar-refractivity contribution in [2.24, 2.45) is 0 Å². The van der Waals surface area contributed by atoms with Gasteiger partial charge in [0.2, 0.25) is 0 Å². The number of ether oxygens (including phenoxy) is 2. The van der Waals surface area contributed by atoms with Crippen molar-refractivity contribution < 1.29 is 9.47 Å². The second-order valence-corrected chi connectivity index (χ2v) is 4.51. The zero-order valence-corrected chi connectivity index (χ0v) is 8.94. The van der Waals surface area contributed by atoms with Crippen molar-refractivity contribution in [1.82, 2.24) is 0 Å². The third-order valence-electron chi connectivity index (χ3n) is 2.90. The molecule has 78 valence electrons. The quantitative estimate of drug-likeness (QED) is 0.644. The zero-order chi connectivity index (χ0) is 10.5. The van der Waals surface area contributed by atoms with Crippen LogP contribution in [0.15, 0.2) is 30.3 Å². The Morgan fingerprint density at radius 2 is 1.93 bits per heavy atom. The predicted octanol–water partition coefficient (Wildman–Crippen LogP) is 2.91. The summed E-state index contributed by atoms with van der Waals surface area (Å²) in [6.07, 6.45) is 4.32. The molecule has 0 bridgehead atoms. The van der Waals surface area contributed by atoms with Crippen LogP contribution in [0.1, 0.15) is 31.1 Å². The molecule has 1 saturated heterocycles. The van der Waals surface area contributed by atoms with E-state index in [1.54, 1.807) is 0 Å². The summed E-state index contributed by atoms with van der Waals surface area (Å²) in [7, 11) is 0. The predicted molar refractivity (Wildman–Crippen MR) is 58.3 cm³/mol. The van der Waals surface area contributed by atoms with Gasteiger partial charge >= 0.3 is 0 Å². The fourth-order valence-corrected chi connectivity index (χ4v) is 2.29. The van der Waals surface area contributed by atoms with Crippen molar-refractivity contribution in [3.05, 3.63) is 41.5 Å². The third-order valence-corrected chi connectivity index (χ3v) is 2.90. The van der Waals surface area contributed by atoms with Gasteiger partial charge < -0.3 is 9.47 Å². The van der Waals surface area contributed by atoms with Crippen LogP contribution in [0.5, 0.6) is 0 Å². The average Bonchev–Trinajstić information content (AvgIpc) is 2.52. The van der Waals surface area contributed by atoms with Gasteiger partial charge in [0.15, 0.2) is 5.79 Å². The molecule has 0 unspecified atom stereocenters. The highest BCUT2D eigenvalue weighted by Crippen LogP contribution is 2.42. The Balaban J connectivity index is 2.06. The molecule has 0 saturated carbocycles. The van der Waals surface area contributed by atoms with E-state index < -0.39 is 5.79 Å². The van der Waals surface area contributed by atoms with Crippen LogP contribution in [-0.2, 0) is 9.47 Å². The summed E-state index contributed by atoms with van der Waals surface area (Å²) in [5.74, 6) is -0.475. The Bertz CT molecular complexity index is 420. The Hall–Kier alpha value is -1.12. The first kappa shape index (κ1) is 9.13. The molecular formula is C13H14O2. The van der Waals surface area contributed by atoms with E-state index in [-0.39, 0.29) is 12.2 Å². The lowest BCUT2D eigenvalue weighted by Crippen LogP contribution is -2.20. The molecule has 0 radical (unpaired) electrons. The topological polar surface area (TPSA) is 18.5 Å². The average molecular weight is 202 g/mol. The third kappa shape index (κ3) is 1.41. The molecule has 1 aromatic rings. The molecule has 0 spiro atoms. The Morgan fingerprint density at radius 1 is 1.13 bits per heavy atom. The van der Waals surface area contributed by atoms with E-state index in [1.165, 1.54) is 11.1 Å². The van der Waals surface area contributed by atoms with Crippen LogP contribution in [0.25, 0.3) is 6.08 Å². The van der Waals surface area contributed by atoms with Crippen molar-refractivity contribution >= 4 is 6.08 Å². The van der Waals surface area contributed by atoms with E-state index in [1.807, 2.05) is 26.0 Å². The van der Waals surface area contributed by atoms with Gasteiger partial charge in [-0.3, -0.25) is 0 Å². The van der Waals surface area contributed by atoms with Crippen LogP contribution < -0.4 is 0 Å². The highest BCUT2D eigenvalue weighted by Gasteiger charge is 2.42. The summed E-state index contributed by atoms with van der Waals surface area (Å²) >= 11 is 0. The SMILES string of the molecule is CC1(C)O[C@H]2C=Cc3ccccc3[C@H]2O1. The largest absolute Gasteiger partial charge is 0.340 e. The molecule has 0 aromatic heterocycles. The molecule has 1 aliphatic carbocycles. The van der Waals surface area contributed by atoms with E-state index in [4.69, 9.17) is 9.47 Å². The fraction of sp³-hybridized carbons (Fsp3) is 0.385. The van der Waals surface area contributed by atoms with E-state index in [0.717, 1.165) is 0 Å². The maximum absolute atomic E-state index is 5.91. The summed E-state index contributed by atoms with van der Waals surface area (Å²) in [6, 6.07) is 8.31. The zero-order valence-electron chi connectivity index (χ0n) is 8.94. The monoisotopic (exact) mass is 202 g/mol. The highest BCUT2D eigenvalue weighted by molar-refractivity contribution is 5.58. The Morgan fingerprint density at radius 3 is 2.80 bits per heavy atom. The molecule has 2 nitrogen and oxygen atoms in total. The standard InChI is InChI=1S/C13H14O2/c1-13(2)14-11-8-7-9-5-3-4-6-10(9)12(11)15-13/h3-8,11-12H,1-2H3/t11-,12+/m0/s1. The molecule has 0 N–H and O–H groups in total. The van der Waals surface area contributed by atoms with E-state index in [0.29, 0.717) is 0 Å². The molecule has 3 rings (SSSR count). The summed E-state index contributed by atoms with van der Waals surface area (Å²) < 4.78 is 11.7. The fourth-order valence-electron chi connectivity index (χ4n) is 2.29. The summed E-state index contributed by atoms with van der Waals surface area (Å²) in [5, 5.41) is 0. The highest BCUT2D eigenvalue weighted by atomic mass is 16.7. The number of hydrogen-bond donors (Lipinski definition) is 0. The second-order valence-electron chi connectivity index (χ2n) is 4.51. The number of rotatable bonds is 0. The summed E-state index contributed by atoms with van der Waals surface area (Å²) in [5.41, 5.74) is 2.47. The summed E-state index contributed by atoms with van der Waals surface area (Å²) in [4.78, 5) is 0. The van der Waals surface area contributed by atoms with Gasteiger partial charge in [-0.2, -0.15) is 0 Å². The van der Waals surface area contributed by atoms with Crippen LogP contribution >= 0.6 is 0 Å². The van der Waals surface area contributed by atoms with Crippen molar-refractivity contribution in [2.45, 2.75) is 31.8 Å². The molecule has 2 heteroatoms. The van der Waals surface area contributed by atoms with E-state index >= 15 is 0 Å². The van der Waals surface area contributed by atoms with Gasteiger partial charge in [0.25, 0.3) is 0 Å². The van der Waals surface area contributed by atoms with Crippen molar-refractivity contribution in [3.63, 3.8) is 0 Å². The van der Waals surface area contributed by atoms with Gasteiger partial charge in [-0.25, -0.2) is 0 Å². The van der Waals surface area contributed by atoms with Gasteiger partial charge in [-0.15, -0.1) is 0 Å². The minimum absolute atomic E-state index is 0.0567. The van der Waals surface area contributed by atoms with Crippen molar-refractivity contribution in [1.29, 1.82) is 0 Å². The second kappa shape index (κ2) is 2.94. The van der Waals surface area contributed by atoms with Crippen LogP contribution in [0.4, 0.5) is 0 Å². The maximum atomic E-state index is 5.91. The normalized spacial score (nSPS) is 31.1. The van der Waals surface area contributed by atoms with Gasteiger partial charge in [-0.05, 0) is 25.0 Å². The van der Waals surface area contributed by atoms with E-state index in [9.17, 15) is 0 Å². The smallest absolute Gasteiger partial charge is 0.164 e. The number of benzene rings is 1. The summed E-state index contributed by atoms with van der Waals surface area (Å²) in [6.45, 7) is 3.92. The molecule has 0 amide bonds.